The SMILES string of the molecule is C=C(C)N.CCCCCNCC1CCC(C2CC(N)=NN2)C1. The Balaban J connectivity index is 0.000000541. The van der Waals surface area contributed by atoms with Crippen LogP contribution in [0.1, 0.15) is 58.8 Å². The van der Waals surface area contributed by atoms with Gasteiger partial charge in [-0.3, -0.25) is 0 Å². The van der Waals surface area contributed by atoms with Crippen molar-refractivity contribution in [3.8, 4) is 0 Å². The molecular weight excluding hydrogens is 274 g/mol. The molecule has 6 N–H and O–H groups in total. The second-order valence-corrected chi connectivity index (χ2v) is 6.74. The van der Waals surface area contributed by atoms with Crippen molar-refractivity contribution in [3.63, 3.8) is 0 Å². The molecule has 1 saturated carbocycles. The minimum atomic E-state index is 0.509. The zero-order valence-corrected chi connectivity index (χ0v) is 14.4. The molecular formula is C17H35N5. The van der Waals surface area contributed by atoms with Crippen molar-refractivity contribution in [1.29, 1.82) is 0 Å². The first kappa shape index (κ1) is 18.8. The molecule has 3 atom stereocenters. The third-order valence-electron chi connectivity index (χ3n) is 4.34. The lowest BCUT2D eigenvalue weighted by atomic mass is 9.95. The number of hydrazone groups is 1. The lowest BCUT2D eigenvalue weighted by molar-refractivity contribution is 0.371. The van der Waals surface area contributed by atoms with Crippen LogP contribution in [-0.2, 0) is 0 Å². The Bertz CT molecular complexity index is 349. The predicted octanol–water partition coefficient (Wildman–Crippen LogP) is 2.30. The highest BCUT2D eigenvalue weighted by Gasteiger charge is 2.32. The number of nitrogens with zero attached hydrogens (tertiary/aromatic N) is 1. The van der Waals surface area contributed by atoms with E-state index in [2.05, 4.69) is 29.3 Å². The Labute approximate surface area is 136 Å². The number of hydrogen-bond donors (Lipinski definition) is 4. The van der Waals surface area contributed by atoms with Crippen LogP contribution in [0, 0.1) is 11.8 Å². The molecule has 0 amide bonds. The first-order valence-corrected chi connectivity index (χ1v) is 8.72. The van der Waals surface area contributed by atoms with Crippen LogP contribution in [-0.4, -0.2) is 25.0 Å². The van der Waals surface area contributed by atoms with Crippen molar-refractivity contribution in [3.05, 3.63) is 12.3 Å². The molecule has 0 bridgehead atoms. The summed E-state index contributed by atoms with van der Waals surface area (Å²) in [4.78, 5) is 0. The number of unbranched alkanes of at least 4 members (excludes halogenated alkanes) is 2. The van der Waals surface area contributed by atoms with Gasteiger partial charge in [0, 0.05) is 6.42 Å². The maximum atomic E-state index is 5.73. The summed E-state index contributed by atoms with van der Waals surface area (Å²) in [6.45, 7) is 9.72. The summed E-state index contributed by atoms with van der Waals surface area (Å²) in [5.41, 5.74) is 14.5. The van der Waals surface area contributed by atoms with Gasteiger partial charge in [0.05, 0.1) is 6.04 Å². The van der Waals surface area contributed by atoms with E-state index in [-0.39, 0.29) is 0 Å². The molecule has 0 aromatic carbocycles. The van der Waals surface area contributed by atoms with Crippen LogP contribution in [0.25, 0.3) is 0 Å². The van der Waals surface area contributed by atoms with E-state index in [1.807, 2.05) is 0 Å². The molecule has 1 aliphatic heterocycles. The van der Waals surface area contributed by atoms with Crippen molar-refractivity contribution in [2.45, 2.75) is 64.8 Å². The highest BCUT2D eigenvalue weighted by Crippen LogP contribution is 2.34. The van der Waals surface area contributed by atoms with E-state index in [4.69, 9.17) is 11.5 Å². The van der Waals surface area contributed by atoms with E-state index in [0.717, 1.165) is 24.1 Å². The third-order valence-corrected chi connectivity index (χ3v) is 4.34. The smallest absolute Gasteiger partial charge is 0.121 e. The predicted molar refractivity (Wildman–Crippen MR) is 95.4 cm³/mol. The third kappa shape index (κ3) is 7.69. The summed E-state index contributed by atoms with van der Waals surface area (Å²) in [5.74, 6) is 2.42. The highest BCUT2D eigenvalue weighted by atomic mass is 15.3. The number of rotatable bonds is 7. The van der Waals surface area contributed by atoms with Crippen LogP contribution in [0.4, 0.5) is 0 Å². The van der Waals surface area contributed by atoms with Gasteiger partial charge in [-0.05, 0) is 63.2 Å². The molecule has 0 saturated heterocycles. The summed E-state index contributed by atoms with van der Waals surface area (Å²) in [6.07, 6.45) is 8.96. The Morgan fingerprint density at radius 3 is 2.73 bits per heavy atom. The molecule has 1 aliphatic carbocycles. The Kier molecular flexibility index (Phi) is 8.97. The van der Waals surface area contributed by atoms with Crippen molar-refractivity contribution in [2.24, 2.45) is 28.4 Å². The van der Waals surface area contributed by atoms with E-state index >= 15 is 0 Å². The largest absolute Gasteiger partial charge is 0.403 e. The van der Waals surface area contributed by atoms with Crippen LogP contribution < -0.4 is 22.2 Å². The molecule has 5 nitrogen and oxygen atoms in total. The van der Waals surface area contributed by atoms with Gasteiger partial charge in [-0.25, -0.2) is 0 Å². The average molecular weight is 310 g/mol. The first-order valence-electron chi connectivity index (χ1n) is 8.72. The molecule has 0 radical (unpaired) electrons. The fourth-order valence-corrected chi connectivity index (χ4v) is 3.23. The summed E-state index contributed by atoms with van der Waals surface area (Å²) in [5, 5.41) is 7.72. The van der Waals surface area contributed by atoms with Crippen LogP contribution in [0.2, 0.25) is 0 Å². The van der Waals surface area contributed by atoms with Gasteiger partial charge in [0.15, 0.2) is 0 Å². The van der Waals surface area contributed by atoms with Gasteiger partial charge in [-0.1, -0.05) is 26.3 Å². The van der Waals surface area contributed by atoms with Gasteiger partial charge in [0.2, 0.25) is 0 Å². The second kappa shape index (κ2) is 10.5. The summed E-state index contributed by atoms with van der Waals surface area (Å²) in [6, 6.07) is 0.509. The van der Waals surface area contributed by atoms with E-state index in [1.54, 1.807) is 6.92 Å². The fourth-order valence-electron chi connectivity index (χ4n) is 3.23. The number of allylic oxidation sites excluding steroid dienone is 1. The molecule has 0 aromatic rings. The second-order valence-electron chi connectivity index (χ2n) is 6.74. The van der Waals surface area contributed by atoms with Crippen molar-refractivity contribution in [2.75, 3.05) is 13.1 Å². The standard InChI is InChI=1S/C14H28N4.C3H7N/c1-2-3-4-7-16-10-11-5-6-12(8-11)13-9-14(15)18-17-13;1-3(2)4/h11-13,16-17H,2-10H2,1H3,(H2,15,18);1,4H2,2H3. The van der Waals surface area contributed by atoms with Crippen LogP contribution in [0.3, 0.4) is 0 Å². The summed E-state index contributed by atoms with van der Waals surface area (Å²) in [7, 11) is 0. The average Bonchev–Trinajstić information content (AvgIpc) is 3.07. The van der Waals surface area contributed by atoms with Crippen molar-refractivity contribution < 1.29 is 0 Å². The maximum Gasteiger partial charge on any atom is 0.121 e. The quantitative estimate of drug-likeness (QED) is 0.543. The molecule has 2 aliphatic rings. The topological polar surface area (TPSA) is 88.5 Å². The first-order chi connectivity index (χ1) is 10.5. The van der Waals surface area contributed by atoms with Crippen molar-refractivity contribution in [1.82, 2.24) is 10.7 Å². The highest BCUT2D eigenvalue weighted by molar-refractivity contribution is 5.82. The maximum absolute atomic E-state index is 5.73. The minimum Gasteiger partial charge on any atom is -0.403 e. The zero-order valence-electron chi connectivity index (χ0n) is 14.4. The Morgan fingerprint density at radius 1 is 1.41 bits per heavy atom. The van der Waals surface area contributed by atoms with Crippen LogP contribution in [0.15, 0.2) is 17.4 Å². The molecule has 1 heterocycles. The summed E-state index contributed by atoms with van der Waals surface area (Å²) >= 11 is 0. The molecule has 22 heavy (non-hydrogen) atoms. The fraction of sp³-hybridized carbons (Fsp3) is 0.824. The molecule has 2 rings (SSSR count). The monoisotopic (exact) mass is 309 g/mol. The van der Waals surface area contributed by atoms with Crippen LogP contribution in [0.5, 0.6) is 0 Å². The number of hydrogen-bond acceptors (Lipinski definition) is 5. The van der Waals surface area contributed by atoms with E-state index in [0.29, 0.717) is 11.7 Å². The van der Waals surface area contributed by atoms with Gasteiger partial charge in [-0.15, -0.1) is 0 Å². The zero-order chi connectivity index (χ0) is 16.4. The number of amidine groups is 1. The summed E-state index contributed by atoms with van der Waals surface area (Å²) < 4.78 is 0. The van der Waals surface area contributed by atoms with E-state index in [1.165, 1.54) is 51.6 Å². The van der Waals surface area contributed by atoms with Gasteiger partial charge in [-0.2, -0.15) is 5.10 Å². The lowest BCUT2D eigenvalue weighted by Gasteiger charge is -2.18. The molecule has 128 valence electrons. The minimum absolute atomic E-state index is 0.509. The van der Waals surface area contributed by atoms with Crippen molar-refractivity contribution >= 4 is 5.84 Å². The van der Waals surface area contributed by atoms with Gasteiger partial charge >= 0.3 is 0 Å². The molecule has 5 heteroatoms. The lowest BCUT2D eigenvalue weighted by Crippen LogP contribution is -2.29. The van der Waals surface area contributed by atoms with Crippen LogP contribution >= 0.6 is 0 Å². The Hall–Kier alpha value is -1.23. The molecule has 0 aromatic heterocycles. The molecule has 3 unspecified atom stereocenters. The Morgan fingerprint density at radius 2 is 2.14 bits per heavy atom. The van der Waals surface area contributed by atoms with E-state index < -0.39 is 0 Å². The number of nitrogens with two attached hydrogens (primary N) is 2. The van der Waals surface area contributed by atoms with Gasteiger partial charge < -0.3 is 22.2 Å². The molecule has 0 spiro atoms. The van der Waals surface area contributed by atoms with Gasteiger partial charge in [0.25, 0.3) is 0 Å². The van der Waals surface area contributed by atoms with Gasteiger partial charge in [0.1, 0.15) is 5.84 Å². The number of nitrogens with one attached hydrogen (secondary N) is 2. The molecule has 1 fully saturated rings. The van der Waals surface area contributed by atoms with E-state index in [9.17, 15) is 0 Å². The normalized spacial score (nSPS) is 26.8.